The molecular formula is C21H17FN4O2S. The molecule has 0 aliphatic rings. The lowest BCUT2D eigenvalue weighted by Gasteiger charge is -2.04. The fraction of sp³-hybridized carbons (Fsp3) is 0.143. The molecule has 2 N–H and O–H groups in total. The molecule has 4 rings (SSSR count). The van der Waals surface area contributed by atoms with Gasteiger partial charge >= 0.3 is 0 Å². The summed E-state index contributed by atoms with van der Waals surface area (Å²) in [6.07, 6.45) is 1.29. The number of hydrogen-bond donors (Lipinski definition) is 2. The van der Waals surface area contributed by atoms with E-state index in [0.717, 1.165) is 0 Å². The number of nitrogens with zero attached hydrogens (tertiary/aromatic N) is 2. The SMILES string of the molecule is O=C(CCCc1nc2ccccc2c(=O)[nH]1)Nc1nc(-c2cccc(F)c2)cs1. The summed E-state index contributed by atoms with van der Waals surface area (Å²) in [4.78, 5) is 35.8. The molecule has 0 aliphatic heterocycles. The van der Waals surface area contributed by atoms with Gasteiger partial charge in [-0.15, -0.1) is 11.3 Å². The molecule has 0 atom stereocenters. The van der Waals surface area contributed by atoms with Crippen molar-refractivity contribution in [1.82, 2.24) is 15.0 Å². The molecule has 0 aliphatic carbocycles. The summed E-state index contributed by atoms with van der Waals surface area (Å²) >= 11 is 1.29. The lowest BCUT2D eigenvalue weighted by Crippen LogP contribution is -2.14. The first-order valence-electron chi connectivity index (χ1n) is 9.08. The quantitative estimate of drug-likeness (QED) is 0.502. The molecular weight excluding hydrogens is 391 g/mol. The van der Waals surface area contributed by atoms with Gasteiger partial charge in [-0.2, -0.15) is 0 Å². The van der Waals surface area contributed by atoms with Crippen LogP contribution in [0.15, 0.2) is 58.7 Å². The Morgan fingerprint density at radius 1 is 1.14 bits per heavy atom. The first-order valence-corrected chi connectivity index (χ1v) is 9.96. The van der Waals surface area contributed by atoms with Crippen LogP contribution < -0.4 is 10.9 Å². The number of amides is 1. The van der Waals surface area contributed by atoms with Crippen molar-refractivity contribution < 1.29 is 9.18 Å². The molecule has 29 heavy (non-hydrogen) atoms. The third kappa shape index (κ3) is 4.55. The molecule has 2 aromatic heterocycles. The first kappa shape index (κ1) is 18.9. The Kier molecular flexibility index (Phi) is 5.44. The van der Waals surface area contributed by atoms with E-state index < -0.39 is 0 Å². The van der Waals surface area contributed by atoms with Crippen LogP contribution in [0, 0.1) is 5.82 Å². The number of halogens is 1. The third-order valence-electron chi connectivity index (χ3n) is 4.35. The van der Waals surface area contributed by atoms with E-state index >= 15 is 0 Å². The summed E-state index contributed by atoms with van der Waals surface area (Å²) in [7, 11) is 0. The zero-order valence-corrected chi connectivity index (χ0v) is 16.1. The van der Waals surface area contributed by atoms with Gasteiger partial charge in [0.15, 0.2) is 5.13 Å². The molecule has 6 nitrogen and oxygen atoms in total. The van der Waals surface area contributed by atoms with Gasteiger partial charge in [0.05, 0.1) is 16.6 Å². The second-order valence-corrected chi connectivity index (χ2v) is 7.34. The van der Waals surface area contributed by atoms with Crippen molar-refractivity contribution in [3.05, 3.63) is 75.9 Å². The van der Waals surface area contributed by atoms with Gasteiger partial charge in [-0.05, 0) is 30.7 Å². The average molecular weight is 408 g/mol. The number of anilines is 1. The highest BCUT2D eigenvalue weighted by Crippen LogP contribution is 2.25. The predicted molar refractivity (Wildman–Crippen MR) is 111 cm³/mol. The number of nitrogens with one attached hydrogen (secondary N) is 2. The van der Waals surface area contributed by atoms with E-state index in [1.807, 2.05) is 6.07 Å². The molecule has 0 radical (unpaired) electrons. The Bertz CT molecular complexity index is 1230. The number of para-hydroxylation sites is 1. The number of thiazole rings is 1. The lowest BCUT2D eigenvalue weighted by molar-refractivity contribution is -0.116. The summed E-state index contributed by atoms with van der Waals surface area (Å²) in [5.41, 5.74) is 1.74. The number of benzene rings is 2. The number of carbonyl (C=O) groups excluding carboxylic acids is 1. The predicted octanol–water partition coefficient (Wildman–Crippen LogP) is 4.15. The molecule has 0 saturated carbocycles. The van der Waals surface area contributed by atoms with Crippen LogP contribution in [0.2, 0.25) is 0 Å². The van der Waals surface area contributed by atoms with E-state index in [-0.39, 0.29) is 23.7 Å². The van der Waals surface area contributed by atoms with Gasteiger partial charge in [-0.25, -0.2) is 14.4 Å². The highest BCUT2D eigenvalue weighted by Gasteiger charge is 2.10. The van der Waals surface area contributed by atoms with Crippen molar-refractivity contribution in [1.29, 1.82) is 0 Å². The van der Waals surface area contributed by atoms with E-state index in [1.165, 1.54) is 23.5 Å². The van der Waals surface area contributed by atoms with Gasteiger partial charge < -0.3 is 10.3 Å². The molecule has 1 amide bonds. The number of aromatic amines is 1. The van der Waals surface area contributed by atoms with E-state index in [0.29, 0.717) is 46.0 Å². The highest BCUT2D eigenvalue weighted by molar-refractivity contribution is 7.14. The minimum atomic E-state index is -0.332. The first-order chi connectivity index (χ1) is 14.1. The maximum absolute atomic E-state index is 13.3. The standard InChI is InChI=1S/C21H17FN4O2S/c22-14-6-3-5-13(11-14)17-12-29-21(24-17)26-19(27)10-4-9-18-23-16-8-2-1-7-15(16)20(28)25-18/h1-3,5-8,11-12H,4,9-10H2,(H,23,25,28)(H,24,26,27). The van der Waals surface area contributed by atoms with Gasteiger partial charge in [0.1, 0.15) is 11.6 Å². The van der Waals surface area contributed by atoms with Crippen LogP contribution in [-0.4, -0.2) is 20.9 Å². The molecule has 0 bridgehead atoms. The number of H-pyrrole nitrogens is 1. The molecule has 8 heteroatoms. The molecule has 0 fully saturated rings. The number of aryl methyl sites for hydroxylation is 1. The van der Waals surface area contributed by atoms with E-state index in [9.17, 15) is 14.0 Å². The van der Waals surface area contributed by atoms with Crippen LogP contribution >= 0.6 is 11.3 Å². The van der Waals surface area contributed by atoms with E-state index in [2.05, 4.69) is 20.3 Å². The zero-order chi connectivity index (χ0) is 20.2. The van der Waals surface area contributed by atoms with Gasteiger partial charge in [0.25, 0.3) is 5.56 Å². The molecule has 2 heterocycles. The molecule has 146 valence electrons. The number of fused-ring (bicyclic) bond motifs is 1. The number of aromatic nitrogens is 3. The van der Waals surface area contributed by atoms with Crippen molar-refractivity contribution in [2.24, 2.45) is 0 Å². The van der Waals surface area contributed by atoms with Crippen LogP contribution in [-0.2, 0) is 11.2 Å². The maximum Gasteiger partial charge on any atom is 0.258 e. The van der Waals surface area contributed by atoms with Crippen LogP contribution in [0.1, 0.15) is 18.7 Å². The average Bonchev–Trinajstić information content (AvgIpc) is 3.16. The minimum Gasteiger partial charge on any atom is -0.310 e. The summed E-state index contributed by atoms with van der Waals surface area (Å²) < 4.78 is 13.3. The Morgan fingerprint density at radius 3 is 2.86 bits per heavy atom. The number of hydrogen-bond acceptors (Lipinski definition) is 5. The molecule has 0 spiro atoms. The Hall–Kier alpha value is -3.39. The van der Waals surface area contributed by atoms with Crippen molar-refractivity contribution in [3.8, 4) is 11.3 Å². The van der Waals surface area contributed by atoms with Crippen LogP contribution in [0.3, 0.4) is 0 Å². The van der Waals surface area contributed by atoms with Gasteiger partial charge in [0.2, 0.25) is 5.91 Å². The van der Waals surface area contributed by atoms with Crippen molar-refractivity contribution in [2.45, 2.75) is 19.3 Å². The van der Waals surface area contributed by atoms with E-state index in [1.54, 1.807) is 35.7 Å². The maximum atomic E-state index is 13.3. The van der Waals surface area contributed by atoms with Crippen LogP contribution in [0.5, 0.6) is 0 Å². The Balaban J connectivity index is 1.33. The van der Waals surface area contributed by atoms with Gasteiger partial charge in [0, 0.05) is 23.8 Å². The summed E-state index contributed by atoms with van der Waals surface area (Å²) in [6.45, 7) is 0. The topological polar surface area (TPSA) is 87.7 Å². The minimum absolute atomic E-state index is 0.173. The summed E-state index contributed by atoms with van der Waals surface area (Å²) in [5, 5.41) is 5.54. The number of rotatable bonds is 6. The van der Waals surface area contributed by atoms with Crippen molar-refractivity contribution in [3.63, 3.8) is 0 Å². The number of carbonyl (C=O) groups is 1. The van der Waals surface area contributed by atoms with Crippen molar-refractivity contribution >= 4 is 33.3 Å². The summed E-state index contributed by atoms with van der Waals surface area (Å²) in [6, 6.07) is 13.3. The molecule has 4 aromatic rings. The normalized spacial score (nSPS) is 10.9. The largest absolute Gasteiger partial charge is 0.310 e. The van der Waals surface area contributed by atoms with Gasteiger partial charge in [-0.3, -0.25) is 9.59 Å². The second-order valence-electron chi connectivity index (χ2n) is 6.48. The second kappa shape index (κ2) is 8.32. The van der Waals surface area contributed by atoms with E-state index in [4.69, 9.17) is 0 Å². The Morgan fingerprint density at radius 2 is 2.00 bits per heavy atom. The molecule has 0 unspecified atom stereocenters. The fourth-order valence-corrected chi connectivity index (χ4v) is 3.70. The third-order valence-corrected chi connectivity index (χ3v) is 5.11. The lowest BCUT2D eigenvalue weighted by atomic mass is 10.2. The fourth-order valence-electron chi connectivity index (χ4n) is 2.96. The van der Waals surface area contributed by atoms with Crippen LogP contribution in [0.25, 0.3) is 22.2 Å². The Labute approximate surface area is 169 Å². The zero-order valence-electron chi connectivity index (χ0n) is 15.3. The van der Waals surface area contributed by atoms with Crippen LogP contribution in [0.4, 0.5) is 9.52 Å². The summed E-state index contributed by atoms with van der Waals surface area (Å²) in [5.74, 6) is 0.0545. The highest BCUT2D eigenvalue weighted by atomic mass is 32.1. The van der Waals surface area contributed by atoms with Gasteiger partial charge in [-0.1, -0.05) is 24.3 Å². The molecule has 2 aromatic carbocycles. The smallest absolute Gasteiger partial charge is 0.258 e. The molecule has 0 saturated heterocycles. The monoisotopic (exact) mass is 408 g/mol. The van der Waals surface area contributed by atoms with Crippen molar-refractivity contribution in [2.75, 3.05) is 5.32 Å².